The molecule has 0 unspecified atom stereocenters. The summed E-state index contributed by atoms with van der Waals surface area (Å²) in [7, 11) is 0. The fourth-order valence-electron chi connectivity index (χ4n) is 2.85. The Morgan fingerprint density at radius 2 is 2.07 bits per heavy atom. The number of aromatic nitrogens is 6. The molecule has 4 rings (SSSR count). The Balaban J connectivity index is 0.00000240. The van der Waals surface area contributed by atoms with Gasteiger partial charge in [0.25, 0.3) is 0 Å². The third-order valence-corrected chi connectivity index (χ3v) is 4.18. The van der Waals surface area contributed by atoms with Crippen LogP contribution in [0, 0.1) is 0 Å². The minimum absolute atomic E-state index is 0. The highest BCUT2D eigenvalue weighted by molar-refractivity contribution is 14.0. The third kappa shape index (κ3) is 5.08. The topological polar surface area (TPSA) is 108 Å². The summed E-state index contributed by atoms with van der Waals surface area (Å²) in [6.07, 6.45) is 3.45. The van der Waals surface area contributed by atoms with E-state index >= 15 is 0 Å². The van der Waals surface area contributed by atoms with Gasteiger partial charge in [-0.05, 0) is 30.7 Å². The normalized spacial score (nSPS) is 11.3. The zero-order chi connectivity index (χ0) is 19.2. The van der Waals surface area contributed by atoms with Crippen molar-refractivity contribution in [3.8, 4) is 11.4 Å². The van der Waals surface area contributed by atoms with Crippen molar-refractivity contribution in [2.24, 2.45) is 4.99 Å². The smallest absolute Gasteiger partial charge is 0.191 e. The van der Waals surface area contributed by atoms with Crippen LogP contribution < -0.4 is 10.6 Å². The van der Waals surface area contributed by atoms with Crippen molar-refractivity contribution in [2.75, 3.05) is 6.54 Å². The first kappa shape index (κ1) is 20.7. The predicted octanol–water partition coefficient (Wildman–Crippen LogP) is 2.39. The van der Waals surface area contributed by atoms with Crippen LogP contribution in [0.15, 0.2) is 60.0 Å². The Morgan fingerprint density at radius 3 is 2.90 bits per heavy atom. The number of aliphatic imine (C=N–C) groups is 1. The molecule has 10 heteroatoms. The summed E-state index contributed by atoms with van der Waals surface area (Å²) in [6.45, 7) is 3.87. The standard InChI is InChI=1S/C19H21N9.HI/c1-2-20-19(22-12-17-26-25-16-8-3-4-9-28(16)17)21-11-14-6-5-7-15(10-14)18-23-13-24-27-18;/h3-10,13H,2,11-12H2,1H3,(H2,20,21,22)(H,23,24,27);1H. The number of aromatic amines is 1. The van der Waals surface area contributed by atoms with Gasteiger partial charge in [-0.3, -0.25) is 9.50 Å². The van der Waals surface area contributed by atoms with Crippen LogP contribution in [0.25, 0.3) is 17.0 Å². The maximum atomic E-state index is 4.68. The third-order valence-electron chi connectivity index (χ3n) is 4.18. The number of nitrogens with one attached hydrogen (secondary N) is 3. The van der Waals surface area contributed by atoms with Crippen LogP contribution >= 0.6 is 24.0 Å². The lowest BCUT2D eigenvalue weighted by atomic mass is 10.1. The lowest BCUT2D eigenvalue weighted by Crippen LogP contribution is -2.37. The van der Waals surface area contributed by atoms with E-state index < -0.39 is 0 Å². The Labute approximate surface area is 185 Å². The van der Waals surface area contributed by atoms with E-state index in [9.17, 15) is 0 Å². The molecule has 4 aromatic rings. The Bertz CT molecular complexity index is 1070. The van der Waals surface area contributed by atoms with Crippen molar-refractivity contribution in [1.82, 2.24) is 40.4 Å². The maximum Gasteiger partial charge on any atom is 0.191 e. The fourth-order valence-corrected chi connectivity index (χ4v) is 2.85. The molecule has 0 fully saturated rings. The average molecular weight is 503 g/mol. The van der Waals surface area contributed by atoms with Crippen LogP contribution in [0.1, 0.15) is 18.3 Å². The number of fused-ring (bicyclic) bond motifs is 1. The number of hydrogen-bond donors (Lipinski definition) is 3. The number of guanidine groups is 1. The molecule has 1 aromatic carbocycles. The number of H-pyrrole nitrogens is 1. The molecule has 29 heavy (non-hydrogen) atoms. The van der Waals surface area contributed by atoms with Crippen LogP contribution in [0.3, 0.4) is 0 Å². The van der Waals surface area contributed by atoms with E-state index in [4.69, 9.17) is 0 Å². The van der Waals surface area contributed by atoms with Gasteiger partial charge in [0.1, 0.15) is 6.33 Å². The molecular weight excluding hydrogens is 481 g/mol. The van der Waals surface area contributed by atoms with E-state index in [1.807, 2.05) is 53.9 Å². The second-order valence-corrected chi connectivity index (χ2v) is 6.13. The quantitative estimate of drug-likeness (QED) is 0.212. The maximum absolute atomic E-state index is 4.68. The number of rotatable bonds is 6. The van der Waals surface area contributed by atoms with Gasteiger partial charge in [-0.15, -0.1) is 34.2 Å². The molecule has 0 saturated heterocycles. The largest absolute Gasteiger partial charge is 0.357 e. The molecule has 9 nitrogen and oxygen atoms in total. The zero-order valence-electron chi connectivity index (χ0n) is 15.9. The molecule has 150 valence electrons. The van der Waals surface area contributed by atoms with E-state index in [0.29, 0.717) is 13.1 Å². The number of hydrogen-bond acceptors (Lipinski definition) is 5. The first-order valence-electron chi connectivity index (χ1n) is 9.09. The van der Waals surface area contributed by atoms with Gasteiger partial charge in [-0.25, -0.2) is 9.98 Å². The summed E-state index contributed by atoms with van der Waals surface area (Å²) in [4.78, 5) is 8.87. The highest BCUT2D eigenvalue weighted by atomic mass is 127. The van der Waals surface area contributed by atoms with Crippen molar-refractivity contribution in [1.29, 1.82) is 0 Å². The SMILES string of the molecule is CCNC(=NCc1cccc(-c2ncn[nH]2)c1)NCc1nnc2ccccn12.I. The second-order valence-electron chi connectivity index (χ2n) is 6.13. The van der Waals surface area contributed by atoms with Crippen molar-refractivity contribution in [2.45, 2.75) is 20.0 Å². The molecule has 0 amide bonds. The van der Waals surface area contributed by atoms with Crippen LogP contribution in [0.2, 0.25) is 0 Å². The van der Waals surface area contributed by atoms with Crippen LogP contribution in [-0.4, -0.2) is 42.3 Å². The highest BCUT2D eigenvalue weighted by Gasteiger charge is 2.06. The van der Waals surface area contributed by atoms with E-state index in [-0.39, 0.29) is 24.0 Å². The molecule has 0 saturated carbocycles. The van der Waals surface area contributed by atoms with Gasteiger partial charge in [-0.1, -0.05) is 24.3 Å². The molecule has 0 radical (unpaired) electrons. The van der Waals surface area contributed by atoms with Crippen LogP contribution in [-0.2, 0) is 13.1 Å². The number of benzene rings is 1. The van der Waals surface area contributed by atoms with Crippen LogP contribution in [0.5, 0.6) is 0 Å². The molecule has 3 aromatic heterocycles. The van der Waals surface area contributed by atoms with E-state index in [0.717, 1.165) is 40.9 Å². The van der Waals surface area contributed by atoms with Gasteiger partial charge in [0.2, 0.25) is 0 Å². The van der Waals surface area contributed by atoms with Gasteiger partial charge in [0.15, 0.2) is 23.3 Å². The van der Waals surface area contributed by atoms with Crippen molar-refractivity contribution in [3.05, 3.63) is 66.4 Å². The van der Waals surface area contributed by atoms with Gasteiger partial charge in [0, 0.05) is 18.3 Å². The van der Waals surface area contributed by atoms with Crippen molar-refractivity contribution < 1.29 is 0 Å². The Kier molecular flexibility index (Phi) is 7.11. The summed E-state index contributed by atoms with van der Waals surface area (Å²) in [6, 6.07) is 13.9. The Morgan fingerprint density at radius 1 is 1.14 bits per heavy atom. The fraction of sp³-hybridized carbons (Fsp3) is 0.211. The minimum atomic E-state index is 0. The molecule has 0 aliphatic heterocycles. The molecule has 0 aliphatic rings. The lowest BCUT2D eigenvalue weighted by molar-refractivity contribution is 0.765. The van der Waals surface area contributed by atoms with Crippen molar-refractivity contribution >= 4 is 35.6 Å². The monoisotopic (exact) mass is 503 g/mol. The summed E-state index contributed by atoms with van der Waals surface area (Å²) in [5, 5.41) is 21.8. The molecule has 0 bridgehead atoms. The first-order chi connectivity index (χ1) is 13.8. The van der Waals surface area contributed by atoms with E-state index in [2.05, 4.69) is 47.1 Å². The number of pyridine rings is 1. The van der Waals surface area contributed by atoms with Gasteiger partial charge in [-0.2, -0.15) is 5.10 Å². The molecule has 0 spiro atoms. The Hall–Kier alpha value is -3.02. The van der Waals surface area contributed by atoms with E-state index in [1.54, 1.807) is 0 Å². The van der Waals surface area contributed by atoms with E-state index in [1.165, 1.54) is 6.33 Å². The minimum Gasteiger partial charge on any atom is -0.357 e. The summed E-state index contributed by atoms with van der Waals surface area (Å²) < 4.78 is 1.96. The highest BCUT2D eigenvalue weighted by Crippen LogP contribution is 2.15. The summed E-state index contributed by atoms with van der Waals surface area (Å²) >= 11 is 0. The van der Waals surface area contributed by atoms with Gasteiger partial charge in [0.05, 0.1) is 13.1 Å². The zero-order valence-corrected chi connectivity index (χ0v) is 18.2. The number of halogens is 1. The molecule has 0 aliphatic carbocycles. The average Bonchev–Trinajstić information content (AvgIpc) is 3.41. The second kappa shape index (κ2) is 9.96. The van der Waals surface area contributed by atoms with Crippen molar-refractivity contribution in [3.63, 3.8) is 0 Å². The molecule has 0 atom stereocenters. The predicted molar refractivity (Wildman–Crippen MR) is 122 cm³/mol. The molecule has 3 N–H and O–H groups in total. The number of nitrogens with zero attached hydrogens (tertiary/aromatic N) is 6. The molecular formula is C19H22IN9. The lowest BCUT2D eigenvalue weighted by Gasteiger charge is -2.10. The summed E-state index contributed by atoms with van der Waals surface area (Å²) in [5.74, 6) is 2.29. The van der Waals surface area contributed by atoms with Crippen LogP contribution in [0.4, 0.5) is 0 Å². The molecule has 3 heterocycles. The first-order valence-corrected chi connectivity index (χ1v) is 9.09. The van der Waals surface area contributed by atoms with Gasteiger partial charge >= 0.3 is 0 Å². The van der Waals surface area contributed by atoms with Gasteiger partial charge < -0.3 is 10.6 Å². The summed E-state index contributed by atoms with van der Waals surface area (Å²) in [5.41, 5.74) is 2.89.